The summed E-state index contributed by atoms with van der Waals surface area (Å²) in [7, 11) is 0. The van der Waals surface area contributed by atoms with Crippen molar-refractivity contribution in [1.82, 2.24) is 0 Å². The predicted octanol–water partition coefficient (Wildman–Crippen LogP) is 4.49. The second-order valence-corrected chi connectivity index (χ2v) is 6.62. The van der Waals surface area contributed by atoms with Crippen molar-refractivity contribution in [3.63, 3.8) is 0 Å². The largest absolute Gasteiger partial charge is 0.465 e. The van der Waals surface area contributed by atoms with Crippen molar-refractivity contribution in [2.24, 2.45) is 5.92 Å². The summed E-state index contributed by atoms with van der Waals surface area (Å²) in [6.07, 6.45) is 2.17. The van der Waals surface area contributed by atoms with Gasteiger partial charge < -0.3 is 4.74 Å². The predicted molar refractivity (Wildman–Crippen MR) is 97.3 cm³/mol. The number of unbranched alkanes of at least 4 members (excludes halogenated alkanes) is 1. The zero-order valence-electron chi connectivity index (χ0n) is 14.6. The number of hydrogen-bond acceptors (Lipinski definition) is 3. The number of ether oxygens (including phenoxy) is 1. The molecule has 0 saturated heterocycles. The molecule has 0 spiro atoms. The highest BCUT2D eigenvalue weighted by Crippen LogP contribution is 2.48. The number of benzene rings is 2. The molecule has 0 radical (unpaired) electrons. The Morgan fingerprint density at radius 1 is 1.00 bits per heavy atom. The first-order valence-electron chi connectivity index (χ1n) is 9.01. The molecule has 3 heteroatoms. The smallest absolute Gasteiger partial charge is 0.317 e. The Morgan fingerprint density at radius 2 is 1.60 bits per heavy atom. The van der Waals surface area contributed by atoms with Gasteiger partial charge in [-0.05, 0) is 23.5 Å². The summed E-state index contributed by atoms with van der Waals surface area (Å²) in [5, 5.41) is 0. The van der Waals surface area contributed by atoms with E-state index in [1.54, 1.807) is 0 Å². The maximum absolute atomic E-state index is 12.7. The van der Waals surface area contributed by atoms with Crippen molar-refractivity contribution in [3.05, 3.63) is 71.8 Å². The Morgan fingerprint density at radius 3 is 2.20 bits per heavy atom. The number of rotatable bonds is 6. The van der Waals surface area contributed by atoms with Gasteiger partial charge in [-0.25, -0.2) is 0 Å². The van der Waals surface area contributed by atoms with Gasteiger partial charge in [0.1, 0.15) is 11.7 Å². The first-order chi connectivity index (χ1) is 12.2. The quantitative estimate of drug-likeness (QED) is 0.443. The van der Waals surface area contributed by atoms with E-state index in [9.17, 15) is 9.59 Å². The highest BCUT2D eigenvalue weighted by atomic mass is 16.5. The average Bonchev–Trinajstić information content (AvgIpc) is 3.00. The van der Waals surface area contributed by atoms with E-state index in [1.807, 2.05) is 67.6 Å². The molecular weight excluding hydrogens is 312 g/mol. The minimum atomic E-state index is -0.704. The first-order valence-corrected chi connectivity index (χ1v) is 9.01. The van der Waals surface area contributed by atoms with Crippen LogP contribution in [0.25, 0.3) is 0 Å². The molecule has 25 heavy (non-hydrogen) atoms. The number of esters is 1. The van der Waals surface area contributed by atoms with Crippen LogP contribution in [0, 0.1) is 5.92 Å². The molecule has 1 aliphatic rings. The Bertz CT molecular complexity index is 709. The standard InChI is InChI=1S/C22H24O3/c1-2-3-14-25-22(24)21-19(23)15-18(16-10-6-4-7-11-16)20(21)17-12-8-5-9-13-17/h4-13,18,20-21H,2-3,14-15H2,1H3/t18-,20-,21-/m0/s1. The summed E-state index contributed by atoms with van der Waals surface area (Å²) in [4.78, 5) is 25.4. The third kappa shape index (κ3) is 3.81. The summed E-state index contributed by atoms with van der Waals surface area (Å²) in [5.41, 5.74) is 2.13. The number of hydrogen-bond donors (Lipinski definition) is 0. The van der Waals surface area contributed by atoms with Crippen LogP contribution >= 0.6 is 0 Å². The van der Waals surface area contributed by atoms with Crippen LogP contribution in [0.2, 0.25) is 0 Å². The van der Waals surface area contributed by atoms with Gasteiger partial charge in [-0.15, -0.1) is 0 Å². The van der Waals surface area contributed by atoms with E-state index in [-0.39, 0.29) is 23.6 Å². The van der Waals surface area contributed by atoms with Crippen molar-refractivity contribution in [2.45, 2.75) is 38.0 Å². The van der Waals surface area contributed by atoms with Crippen molar-refractivity contribution in [1.29, 1.82) is 0 Å². The van der Waals surface area contributed by atoms with Gasteiger partial charge in [0.05, 0.1) is 6.61 Å². The Balaban J connectivity index is 1.93. The molecule has 0 aromatic heterocycles. The van der Waals surface area contributed by atoms with Crippen molar-refractivity contribution >= 4 is 11.8 Å². The first kappa shape index (κ1) is 17.4. The average molecular weight is 336 g/mol. The topological polar surface area (TPSA) is 43.4 Å². The summed E-state index contributed by atoms with van der Waals surface area (Å²) in [5.74, 6) is -1.23. The van der Waals surface area contributed by atoms with Crippen LogP contribution < -0.4 is 0 Å². The molecular formula is C22H24O3. The van der Waals surface area contributed by atoms with E-state index in [1.165, 1.54) is 0 Å². The van der Waals surface area contributed by atoms with E-state index in [4.69, 9.17) is 4.74 Å². The molecule has 2 aromatic rings. The van der Waals surface area contributed by atoms with Gasteiger partial charge in [-0.3, -0.25) is 9.59 Å². The van der Waals surface area contributed by atoms with Gasteiger partial charge in [-0.2, -0.15) is 0 Å². The van der Waals surface area contributed by atoms with Crippen LogP contribution in [-0.2, 0) is 14.3 Å². The van der Waals surface area contributed by atoms with Gasteiger partial charge in [0.25, 0.3) is 0 Å². The van der Waals surface area contributed by atoms with E-state index < -0.39 is 5.92 Å². The highest BCUT2D eigenvalue weighted by Gasteiger charge is 2.48. The summed E-state index contributed by atoms with van der Waals surface area (Å²) in [6, 6.07) is 19.9. The lowest BCUT2D eigenvalue weighted by Crippen LogP contribution is -2.27. The molecule has 0 unspecified atom stereocenters. The normalized spacial score (nSPS) is 22.8. The van der Waals surface area contributed by atoms with Crippen LogP contribution in [-0.4, -0.2) is 18.4 Å². The number of carbonyl (C=O) groups excluding carboxylic acids is 2. The Labute approximate surface area is 149 Å². The molecule has 3 rings (SSSR count). The maximum Gasteiger partial charge on any atom is 0.317 e. The van der Waals surface area contributed by atoms with Crippen LogP contribution in [0.4, 0.5) is 0 Å². The lowest BCUT2D eigenvalue weighted by atomic mass is 9.80. The Kier molecular flexibility index (Phi) is 5.64. The van der Waals surface area contributed by atoms with Crippen molar-refractivity contribution in [2.75, 3.05) is 6.61 Å². The zero-order valence-corrected chi connectivity index (χ0v) is 14.6. The van der Waals surface area contributed by atoms with E-state index >= 15 is 0 Å². The molecule has 0 N–H and O–H groups in total. The number of carbonyl (C=O) groups is 2. The second-order valence-electron chi connectivity index (χ2n) is 6.62. The zero-order chi connectivity index (χ0) is 17.6. The molecule has 1 fully saturated rings. The fraction of sp³-hybridized carbons (Fsp3) is 0.364. The molecule has 1 saturated carbocycles. The lowest BCUT2D eigenvalue weighted by Gasteiger charge is -2.24. The SMILES string of the molecule is CCCCOC(=O)[C@H]1C(=O)C[C@@H](c2ccccc2)[C@@H]1c1ccccc1. The van der Waals surface area contributed by atoms with Crippen LogP contribution in [0.3, 0.4) is 0 Å². The minimum Gasteiger partial charge on any atom is -0.465 e. The molecule has 1 aliphatic carbocycles. The van der Waals surface area contributed by atoms with Crippen molar-refractivity contribution < 1.29 is 14.3 Å². The van der Waals surface area contributed by atoms with Crippen LogP contribution in [0.5, 0.6) is 0 Å². The summed E-state index contributed by atoms with van der Waals surface area (Å²) < 4.78 is 5.41. The lowest BCUT2D eigenvalue weighted by molar-refractivity contribution is -0.151. The highest BCUT2D eigenvalue weighted by molar-refractivity contribution is 6.02. The Hall–Kier alpha value is -2.42. The molecule has 0 heterocycles. The molecule has 0 amide bonds. The maximum atomic E-state index is 12.7. The van der Waals surface area contributed by atoms with Gasteiger partial charge >= 0.3 is 5.97 Å². The summed E-state index contributed by atoms with van der Waals surface area (Å²) >= 11 is 0. The van der Waals surface area contributed by atoms with Crippen molar-refractivity contribution in [3.8, 4) is 0 Å². The van der Waals surface area contributed by atoms with E-state index in [2.05, 4.69) is 0 Å². The van der Waals surface area contributed by atoms with Gasteiger partial charge in [0.2, 0.25) is 0 Å². The summed E-state index contributed by atoms with van der Waals surface area (Å²) in [6.45, 7) is 2.43. The third-order valence-electron chi connectivity index (χ3n) is 4.97. The van der Waals surface area contributed by atoms with Gasteiger partial charge in [0, 0.05) is 12.3 Å². The molecule has 2 aromatic carbocycles. The number of ketones is 1. The van der Waals surface area contributed by atoms with Gasteiger partial charge in [-0.1, -0.05) is 74.0 Å². The molecule has 3 nitrogen and oxygen atoms in total. The minimum absolute atomic E-state index is 0.01000. The molecule has 0 bridgehead atoms. The van der Waals surface area contributed by atoms with Gasteiger partial charge in [0.15, 0.2) is 0 Å². The van der Waals surface area contributed by atoms with E-state index in [0.29, 0.717) is 13.0 Å². The molecule has 0 aliphatic heterocycles. The monoisotopic (exact) mass is 336 g/mol. The fourth-order valence-electron chi connectivity index (χ4n) is 3.71. The second kappa shape index (κ2) is 8.11. The third-order valence-corrected chi connectivity index (χ3v) is 4.97. The molecule has 3 atom stereocenters. The molecule has 130 valence electrons. The fourth-order valence-corrected chi connectivity index (χ4v) is 3.71. The van der Waals surface area contributed by atoms with Crippen LogP contribution in [0.15, 0.2) is 60.7 Å². The van der Waals surface area contributed by atoms with Crippen LogP contribution in [0.1, 0.15) is 49.1 Å². The van der Waals surface area contributed by atoms with E-state index in [0.717, 1.165) is 24.0 Å². The number of Topliss-reactive ketones (excluding diaryl/α,β-unsaturated/α-hetero) is 1.